The lowest BCUT2D eigenvalue weighted by Crippen LogP contribution is -2.23. The lowest BCUT2D eigenvalue weighted by molar-refractivity contribution is -0.127. The van der Waals surface area contributed by atoms with Crippen molar-refractivity contribution >= 4 is 28.3 Å². The molecule has 1 N–H and O–H groups in total. The van der Waals surface area contributed by atoms with Crippen LogP contribution in [0.1, 0.15) is 91.6 Å². The van der Waals surface area contributed by atoms with Gasteiger partial charge in [-0.3, -0.25) is 9.59 Å². The van der Waals surface area contributed by atoms with E-state index in [9.17, 15) is 9.59 Å². The first-order valence-corrected chi connectivity index (χ1v) is 13.5. The largest absolute Gasteiger partial charge is 0.350 e. The van der Waals surface area contributed by atoms with Gasteiger partial charge in [0.25, 0.3) is 5.91 Å². The highest BCUT2D eigenvalue weighted by molar-refractivity contribution is 6.05. The fourth-order valence-electron chi connectivity index (χ4n) is 6.37. The van der Waals surface area contributed by atoms with Gasteiger partial charge in [-0.1, -0.05) is 31.7 Å². The summed E-state index contributed by atoms with van der Waals surface area (Å²) in [4.78, 5) is 26.0. The zero-order valence-electron chi connectivity index (χ0n) is 21.1. The highest BCUT2D eigenvalue weighted by atomic mass is 16.1. The van der Waals surface area contributed by atoms with Crippen molar-refractivity contribution in [2.75, 3.05) is 5.32 Å². The summed E-state index contributed by atoms with van der Waals surface area (Å²) in [5.41, 5.74) is 4.17. The number of carbonyl (C=O) groups excluding carboxylic acids is 2. The number of nitriles is 1. The van der Waals surface area contributed by atoms with Gasteiger partial charge in [0, 0.05) is 47.2 Å². The van der Waals surface area contributed by atoms with Gasteiger partial charge in [-0.2, -0.15) is 5.26 Å². The second-order valence-electron chi connectivity index (χ2n) is 10.7. The van der Waals surface area contributed by atoms with Gasteiger partial charge in [0.05, 0.1) is 11.6 Å². The number of aromatic nitrogens is 1. The summed E-state index contributed by atoms with van der Waals surface area (Å²) >= 11 is 0. The predicted molar refractivity (Wildman–Crippen MR) is 143 cm³/mol. The van der Waals surface area contributed by atoms with E-state index in [-0.39, 0.29) is 11.8 Å². The van der Waals surface area contributed by atoms with E-state index >= 15 is 0 Å². The molecule has 1 aromatic heterocycles. The van der Waals surface area contributed by atoms with Crippen molar-refractivity contribution in [1.29, 1.82) is 5.26 Å². The van der Waals surface area contributed by atoms with Gasteiger partial charge in [0.2, 0.25) is 0 Å². The number of ketones is 1. The van der Waals surface area contributed by atoms with E-state index in [1.165, 1.54) is 23.8 Å². The highest BCUT2D eigenvalue weighted by Gasteiger charge is 2.31. The summed E-state index contributed by atoms with van der Waals surface area (Å²) < 4.78 is 2.17. The maximum atomic E-state index is 13.2. The Morgan fingerprint density at radius 3 is 2.39 bits per heavy atom. The molecule has 2 unspecified atom stereocenters. The number of Topliss-reactive ketones (excluding diaryl/α,β-unsaturated/α-hetero) is 1. The van der Waals surface area contributed by atoms with Crippen molar-refractivity contribution in [3.05, 3.63) is 65.4 Å². The minimum atomic E-state index is -0.219. The van der Waals surface area contributed by atoms with E-state index < -0.39 is 0 Å². The van der Waals surface area contributed by atoms with Crippen LogP contribution in [-0.2, 0) is 11.8 Å². The van der Waals surface area contributed by atoms with Crippen LogP contribution in [0.15, 0.2) is 48.7 Å². The van der Waals surface area contributed by atoms with Crippen LogP contribution in [0.3, 0.4) is 0 Å². The summed E-state index contributed by atoms with van der Waals surface area (Å²) in [6.07, 6.45) is 13.4. The number of nitrogens with zero attached hydrogens (tertiary/aromatic N) is 2. The number of benzene rings is 2. The van der Waals surface area contributed by atoms with Crippen molar-refractivity contribution in [3.63, 3.8) is 0 Å². The third-order valence-electron chi connectivity index (χ3n) is 8.35. The van der Waals surface area contributed by atoms with Gasteiger partial charge < -0.3 is 9.88 Å². The Hall–Kier alpha value is -3.39. The van der Waals surface area contributed by atoms with Crippen LogP contribution in [0.2, 0.25) is 0 Å². The predicted octanol–water partition coefficient (Wildman–Crippen LogP) is 7.12. The third-order valence-corrected chi connectivity index (χ3v) is 8.35. The van der Waals surface area contributed by atoms with Gasteiger partial charge in [0.15, 0.2) is 0 Å². The van der Waals surface area contributed by atoms with Crippen LogP contribution in [0.5, 0.6) is 0 Å². The van der Waals surface area contributed by atoms with Gasteiger partial charge in [0.1, 0.15) is 5.78 Å². The maximum Gasteiger partial charge on any atom is 0.255 e. The molecule has 0 spiro atoms. The SMILES string of the molecule is Cn1cc(C2CCCCC(C(=O)C3CCCC3)CC2)c2cc(NC(=O)c3cccc(C#N)c3)ccc21. The zero-order valence-corrected chi connectivity index (χ0v) is 21.1. The summed E-state index contributed by atoms with van der Waals surface area (Å²) in [7, 11) is 2.08. The molecule has 2 aliphatic rings. The topological polar surface area (TPSA) is 74.9 Å². The van der Waals surface area contributed by atoms with Crippen LogP contribution in [0, 0.1) is 23.2 Å². The minimum absolute atomic E-state index is 0.219. The van der Waals surface area contributed by atoms with E-state index in [0.717, 1.165) is 62.6 Å². The highest BCUT2D eigenvalue weighted by Crippen LogP contribution is 2.40. The Morgan fingerprint density at radius 1 is 0.917 bits per heavy atom. The lowest BCUT2D eigenvalue weighted by atomic mass is 9.78. The Balaban J connectivity index is 1.36. The molecule has 2 saturated carbocycles. The summed E-state index contributed by atoms with van der Waals surface area (Å²) in [5, 5.41) is 13.3. The number of rotatable bonds is 5. The molecule has 2 aliphatic carbocycles. The van der Waals surface area contributed by atoms with Gasteiger partial charge in [-0.15, -0.1) is 0 Å². The molecule has 2 aromatic carbocycles. The second kappa shape index (κ2) is 10.7. The minimum Gasteiger partial charge on any atom is -0.350 e. The molecule has 5 heteroatoms. The van der Waals surface area contributed by atoms with Crippen LogP contribution in [0.25, 0.3) is 10.9 Å². The number of fused-ring (bicyclic) bond motifs is 1. The normalized spacial score (nSPS) is 21.0. The van der Waals surface area contributed by atoms with E-state index in [0.29, 0.717) is 28.7 Å². The molecule has 0 saturated heterocycles. The van der Waals surface area contributed by atoms with E-state index in [4.69, 9.17) is 5.26 Å². The van der Waals surface area contributed by atoms with E-state index in [1.54, 1.807) is 24.3 Å². The van der Waals surface area contributed by atoms with Crippen molar-refractivity contribution in [2.24, 2.45) is 18.9 Å². The Bertz CT molecular complexity index is 1310. The number of aryl methyl sites for hydroxylation is 1. The average molecular weight is 482 g/mol. The number of hydrogen-bond donors (Lipinski definition) is 1. The van der Waals surface area contributed by atoms with Gasteiger partial charge in [-0.25, -0.2) is 0 Å². The van der Waals surface area contributed by atoms with E-state index in [1.807, 2.05) is 6.07 Å². The number of anilines is 1. The third kappa shape index (κ3) is 5.09. The summed E-state index contributed by atoms with van der Waals surface area (Å²) in [6.45, 7) is 0. The molecule has 2 fully saturated rings. The van der Waals surface area contributed by atoms with Crippen molar-refractivity contribution in [1.82, 2.24) is 4.57 Å². The van der Waals surface area contributed by atoms with Crippen molar-refractivity contribution in [3.8, 4) is 6.07 Å². The summed E-state index contributed by atoms with van der Waals surface area (Å²) in [5.74, 6) is 1.28. The lowest BCUT2D eigenvalue weighted by Gasteiger charge is -2.26. The fraction of sp³-hybridized carbons (Fsp3) is 0.452. The molecule has 36 heavy (non-hydrogen) atoms. The van der Waals surface area contributed by atoms with Gasteiger partial charge >= 0.3 is 0 Å². The van der Waals surface area contributed by atoms with Crippen LogP contribution >= 0.6 is 0 Å². The van der Waals surface area contributed by atoms with Crippen molar-refractivity contribution in [2.45, 2.75) is 70.1 Å². The molecule has 1 heterocycles. The first kappa shape index (κ1) is 24.3. The first-order valence-electron chi connectivity index (χ1n) is 13.5. The Kier molecular flexibility index (Phi) is 7.23. The van der Waals surface area contributed by atoms with Crippen molar-refractivity contribution < 1.29 is 9.59 Å². The number of carbonyl (C=O) groups is 2. The summed E-state index contributed by atoms with van der Waals surface area (Å²) in [6, 6.07) is 14.9. The van der Waals surface area contributed by atoms with E-state index in [2.05, 4.69) is 41.3 Å². The molecule has 1 amide bonds. The Morgan fingerprint density at radius 2 is 1.64 bits per heavy atom. The van der Waals surface area contributed by atoms with Crippen LogP contribution < -0.4 is 5.32 Å². The zero-order chi connectivity index (χ0) is 25.1. The quantitative estimate of drug-likeness (QED) is 0.422. The average Bonchev–Trinajstić information content (AvgIpc) is 3.52. The number of hydrogen-bond acceptors (Lipinski definition) is 3. The van der Waals surface area contributed by atoms with Crippen LogP contribution in [-0.4, -0.2) is 16.3 Å². The smallest absolute Gasteiger partial charge is 0.255 e. The maximum absolute atomic E-state index is 13.2. The number of amides is 1. The molecule has 0 aliphatic heterocycles. The second-order valence-corrected chi connectivity index (χ2v) is 10.7. The molecule has 0 bridgehead atoms. The Labute approximate surface area is 213 Å². The van der Waals surface area contributed by atoms with Crippen LogP contribution in [0.4, 0.5) is 5.69 Å². The standard InChI is InChI=1S/C31H35N3O2/c1-34-20-28(22-8-2-3-11-24(14-13-22)30(35)23-9-4-5-10-23)27-18-26(15-16-29(27)34)33-31(36)25-12-6-7-21(17-25)19-32/h6-7,12,15-18,20,22-24H,2-5,8-11,13-14H2,1H3,(H,33,36). The fourth-order valence-corrected chi connectivity index (χ4v) is 6.37. The molecule has 0 radical (unpaired) electrons. The molecule has 186 valence electrons. The monoisotopic (exact) mass is 481 g/mol. The number of nitrogens with one attached hydrogen (secondary N) is 1. The molecule has 5 nitrogen and oxygen atoms in total. The molecule has 5 rings (SSSR count). The molecule has 2 atom stereocenters. The van der Waals surface area contributed by atoms with Gasteiger partial charge in [-0.05, 0) is 86.4 Å². The molecule has 3 aromatic rings. The molecular weight excluding hydrogens is 446 g/mol. The molecular formula is C31H35N3O2. The first-order chi connectivity index (χ1) is 17.5.